The molecule has 2 aliphatic carbocycles. The smallest absolute Gasteiger partial charge is 0.196 e. The van der Waals surface area contributed by atoms with Crippen molar-refractivity contribution in [2.24, 2.45) is 35.5 Å². The van der Waals surface area contributed by atoms with Gasteiger partial charge in [-0.1, -0.05) is 66.5 Å². The molecule has 4 nitrogen and oxygen atoms in total. The van der Waals surface area contributed by atoms with E-state index in [1.807, 2.05) is 24.3 Å². The van der Waals surface area contributed by atoms with Gasteiger partial charge in [-0.3, -0.25) is 9.48 Å². The van der Waals surface area contributed by atoms with Gasteiger partial charge in [-0.05, 0) is 73.3 Å². The van der Waals surface area contributed by atoms with Crippen LogP contribution >= 0.6 is 0 Å². The van der Waals surface area contributed by atoms with Gasteiger partial charge in [-0.15, -0.1) is 0 Å². The van der Waals surface area contributed by atoms with E-state index in [0.717, 1.165) is 24.1 Å². The third kappa shape index (κ3) is 5.11. The second-order valence-electron chi connectivity index (χ2n) is 12.2. The Labute approximate surface area is 206 Å². The summed E-state index contributed by atoms with van der Waals surface area (Å²) in [6, 6.07) is 7.79. The molecule has 4 heteroatoms. The average molecular weight is 464 g/mol. The monoisotopic (exact) mass is 463 g/mol. The second-order valence-corrected chi connectivity index (χ2v) is 12.2. The van der Waals surface area contributed by atoms with Crippen LogP contribution in [0.1, 0.15) is 114 Å². The Morgan fingerprint density at radius 3 is 2.26 bits per heavy atom. The molecule has 4 rings (SSSR count). The quantitative estimate of drug-likeness (QED) is 0.356. The van der Waals surface area contributed by atoms with E-state index in [4.69, 9.17) is 10.8 Å². The number of nitrogens with two attached hydrogens (primary N) is 1. The zero-order valence-corrected chi connectivity index (χ0v) is 22.1. The van der Waals surface area contributed by atoms with Crippen molar-refractivity contribution in [3.05, 3.63) is 47.3 Å². The maximum atomic E-state index is 13.9. The Bertz CT molecular complexity index is 991. The first-order valence-electron chi connectivity index (χ1n) is 13.6. The van der Waals surface area contributed by atoms with Crippen LogP contribution in [0.15, 0.2) is 30.5 Å². The molecule has 1 aromatic heterocycles. The van der Waals surface area contributed by atoms with E-state index < -0.39 is 0 Å². The first-order valence-corrected chi connectivity index (χ1v) is 13.6. The fraction of sp³-hybridized carbons (Fsp3) is 0.667. The molecular weight excluding hydrogens is 418 g/mol. The number of hydrogen-bond donors (Lipinski definition) is 1. The molecule has 0 spiro atoms. The molecule has 6 unspecified atom stereocenters. The maximum absolute atomic E-state index is 13.9. The lowest BCUT2D eigenvalue weighted by Crippen LogP contribution is -2.31. The summed E-state index contributed by atoms with van der Waals surface area (Å²) in [5.74, 6) is 4.12. The van der Waals surface area contributed by atoms with Gasteiger partial charge in [0, 0.05) is 23.4 Å². The number of carbonyl (C=O) groups is 1. The van der Waals surface area contributed by atoms with E-state index >= 15 is 0 Å². The highest BCUT2D eigenvalue weighted by molar-refractivity contribution is 6.10. The zero-order chi connectivity index (χ0) is 24.6. The largest absolute Gasteiger partial charge is 0.399 e. The molecular formula is C30H45N3O. The van der Waals surface area contributed by atoms with Crippen molar-refractivity contribution in [2.75, 3.05) is 5.73 Å². The lowest BCUT2D eigenvalue weighted by molar-refractivity contribution is 0.103. The van der Waals surface area contributed by atoms with Gasteiger partial charge >= 0.3 is 0 Å². The molecule has 0 aliphatic heterocycles. The Morgan fingerprint density at radius 1 is 0.971 bits per heavy atom. The molecule has 0 radical (unpaired) electrons. The zero-order valence-electron chi connectivity index (χ0n) is 22.1. The number of hydrogen-bond acceptors (Lipinski definition) is 3. The molecule has 34 heavy (non-hydrogen) atoms. The molecule has 6 atom stereocenters. The highest BCUT2D eigenvalue weighted by Gasteiger charge is 2.38. The third-order valence-electron chi connectivity index (χ3n) is 8.85. The summed E-state index contributed by atoms with van der Waals surface area (Å²) in [5.41, 5.74) is 9.19. The Hall–Kier alpha value is -2.10. The first-order chi connectivity index (χ1) is 16.2. The van der Waals surface area contributed by atoms with Gasteiger partial charge in [0.1, 0.15) is 0 Å². The van der Waals surface area contributed by atoms with E-state index in [1.54, 1.807) is 0 Å². The molecule has 2 saturated carbocycles. The summed E-state index contributed by atoms with van der Waals surface area (Å²) < 4.78 is 2.21. The normalized spacial score (nSPS) is 30.1. The molecule has 0 amide bonds. The summed E-state index contributed by atoms with van der Waals surface area (Å²) >= 11 is 0. The Kier molecular flexibility index (Phi) is 7.54. The first kappa shape index (κ1) is 25.0. The molecule has 1 aromatic carbocycles. The van der Waals surface area contributed by atoms with Crippen LogP contribution in [-0.4, -0.2) is 15.6 Å². The minimum absolute atomic E-state index is 0.0687. The van der Waals surface area contributed by atoms with Crippen molar-refractivity contribution in [2.45, 2.75) is 92.0 Å². The lowest BCUT2D eigenvalue weighted by Gasteiger charge is -2.38. The van der Waals surface area contributed by atoms with Crippen molar-refractivity contribution < 1.29 is 4.79 Å². The van der Waals surface area contributed by atoms with Crippen molar-refractivity contribution in [3.63, 3.8) is 0 Å². The molecule has 0 bridgehead atoms. The van der Waals surface area contributed by atoms with Crippen LogP contribution in [0.25, 0.3) is 0 Å². The molecule has 2 N–H and O–H groups in total. The van der Waals surface area contributed by atoms with E-state index in [0.29, 0.717) is 58.7 Å². The molecule has 186 valence electrons. The second kappa shape index (κ2) is 10.3. The fourth-order valence-corrected chi connectivity index (χ4v) is 6.83. The van der Waals surface area contributed by atoms with Crippen molar-refractivity contribution in [1.29, 1.82) is 0 Å². The average Bonchev–Trinajstić information content (AvgIpc) is 3.23. The van der Waals surface area contributed by atoms with Crippen LogP contribution in [0.3, 0.4) is 0 Å². The van der Waals surface area contributed by atoms with Gasteiger partial charge in [0.2, 0.25) is 0 Å². The van der Waals surface area contributed by atoms with Crippen LogP contribution in [0.5, 0.6) is 0 Å². The van der Waals surface area contributed by atoms with Crippen molar-refractivity contribution >= 4 is 11.5 Å². The molecule has 0 saturated heterocycles. The lowest BCUT2D eigenvalue weighted by atomic mass is 9.68. The number of benzene rings is 1. The van der Waals surface area contributed by atoms with E-state index in [-0.39, 0.29) is 5.78 Å². The highest BCUT2D eigenvalue weighted by Crippen LogP contribution is 2.46. The number of nitrogens with zero attached hydrogens (tertiary/aromatic N) is 2. The Morgan fingerprint density at radius 2 is 1.62 bits per heavy atom. The molecule has 2 fully saturated rings. The van der Waals surface area contributed by atoms with Crippen molar-refractivity contribution in [3.8, 4) is 0 Å². The van der Waals surface area contributed by atoms with Crippen LogP contribution in [0, 0.1) is 35.5 Å². The number of ketones is 1. The minimum Gasteiger partial charge on any atom is -0.399 e. The molecule has 2 aliphatic rings. The molecule has 2 aromatic rings. The summed E-state index contributed by atoms with van der Waals surface area (Å²) in [6.07, 6.45) is 9.39. The number of nitrogen functional groups attached to an aromatic ring is 1. The number of rotatable bonds is 6. The van der Waals surface area contributed by atoms with Gasteiger partial charge < -0.3 is 5.73 Å². The fourth-order valence-electron chi connectivity index (χ4n) is 6.83. The Balaban J connectivity index is 1.81. The number of aromatic nitrogens is 2. The number of carbonyl (C=O) groups excluding carboxylic acids is 1. The predicted molar refractivity (Wildman–Crippen MR) is 141 cm³/mol. The van der Waals surface area contributed by atoms with Gasteiger partial charge in [0.25, 0.3) is 0 Å². The van der Waals surface area contributed by atoms with Crippen LogP contribution in [0.2, 0.25) is 0 Å². The van der Waals surface area contributed by atoms with Gasteiger partial charge in [0.15, 0.2) is 5.78 Å². The SMILES string of the molecule is CC1CCC(C(C)C)C(c2nn(C3CC(C)CCC3C(C)C)cc2C(=O)c2cccc(N)c2)C1. The summed E-state index contributed by atoms with van der Waals surface area (Å²) in [7, 11) is 0. The minimum atomic E-state index is 0.0687. The van der Waals surface area contributed by atoms with Gasteiger partial charge in [-0.2, -0.15) is 5.10 Å². The topological polar surface area (TPSA) is 60.9 Å². The standard InChI is InChI=1S/C30H45N3O/c1-18(2)24-12-10-20(5)14-26(24)29-27(30(34)22-8-7-9-23(31)16-22)17-33(32-29)28-15-21(6)11-13-25(28)19(3)4/h7-9,16-21,24-26,28H,10-15,31H2,1-6H3. The van der Waals surface area contributed by atoms with Crippen LogP contribution in [-0.2, 0) is 0 Å². The maximum Gasteiger partial charge on any atom is 0.196 e. The third-order valence-corrected chi connectivity index (χ3v) is 8.85. The van der Waals surface area contributed by atoms with Crippen molar-refractivity contribution in [1.82, 2.24) is 9.78 Å². The predicted octanol–water partition coefficient (Wildman–Crippen LogP) is 7.51. The summed E-state index contributed by atoms with van der Waals surface area (Å²) in [4.78, 5) is 13.9. The van der Waals surface area contributed by atoms with Gasteiger partial charge in [0.05, 0.1) is 17.3 Å². The van der Waals surface area contributed by atoms with Crippen LogP contribution in [0.4, 0.5) is 5.69 Å². The van der Waals surface area contributed by atoms with E-state index in [1.165, 1.54) is 25.7 Å². The summed E-state index contributed by atoms with van der Waals surface area (Å²) in [6.45, 7) is 14.1. The van der Waals surface area contributed by atoms with Gasteiger partial charge in [-0.25, -0.2) is 0 Å². The van der Waals surface area contributed by atoms with E-state index in [9.17, 15) is 4.79 Å². The van der Waals surface area contributed by atoms with Crippen LogP contribution < -0.4 is 5.73 Å². The summed E-state index contributed by atoms with van der Waals surface area (Å²) in [5, 5.41) is 5.33. The molecule has 1 heterocycles. The highest BCUT2D eigenvalue weighted by atomic mass is 16.1. The van der Waals surface area contributed by atoms with E-state index in [2.05, 4.69) is 52.4 Å². The number of anilines is 1.